The fraction of sp³-hybridized carbons (Fsp3) is 0.967. The lowest BCUT2D eigenvalue weighted by Gasteiger charge is -2.60. The van der Waals surface area contributed by atoms with E-state index < -0.39 is 28.0 Å². The number of likely N-dealkylation sites (tertiary alicyclic amines) is 1. The first-order valence-corrected chi connectivity index (χ1v) is 17.4. The highest BCUT2D eigenvalue weighted by Gasteiger charge is 2.54. The summed E-state index contributed by atoms with van der Waals surface area (Å²) in [6, 6.07) is -0.219. The summed E-state index contributed by atoms with van der Waals surface area (Å²) in [4.78, 5) is 16.3. The minimum absolute atomic E-state index is 0.147. The van der Waals surface area contributed by atoms with Crippen molar-refractivity contribution in [2.24, 2.45) is 35.5 Å². The fourth-order valence-corrected chi connectivity index (χ4v) is 11.6. The van der Waals surface area contributed by atoms with Gasteiger partial charge in [0, 0.05) is 25.2 Å². The Hall–Kier alpha value is -0.580. The van der Waals surface area contributed by atoms with Gasteiger partial charge < -0.3 is 10.2 Å². The van der Waals surface area contributed by atoms with Crippen molar-refractivity contribution in [2.75, 3.05) is 39.9 Å². The molecule has 0 aromatic carbocycles. The third-order valence-electron chi connectivity index (χ3n) is 12.0. The van der Waals surface area contributed by atoms with Crippen LogP contribution in [0.2, 0.25) is 0 Å². The van der Waals surface area contributed by atoms with E-state index in [1.54, 1.807) is 16.3 Å². The molecule has 2 saturated carbocycles. The molecule has 8 nitrogen and oxygen atoms in total. The smallest absolute Gasteiger partial charge is 0.230 e. The van der Waals surface area contributed by atoms with Gasteiger partial charge in [0.1, 0.15) is 12.0 Å². The molecule has 0 aromatic heterocycles. The van der Waals surface area contributed by atoms with Crippen LogP contribution in [0.4, 0.5) is 0 Å². The van der Waals surface area contributed by atoms with Crippen LogP contribution in [0.5, 0.6) is 0 Å². The summed E-state index contributed by atoms with van der Waals surface area (Å²) in [6.45, 7) is 6.46. The van der Waals surface area contributed by atoms with Crippen molar-refractivity contribution >= 4 is 15.8 Å². The fourth-order valence-electron chi connectivity index (χ4n) is 9.55. The molecule has 3 saturated heterocycles. The maximum absolute atomic E-state index is 13.9. The molecule has 9 heteroatoms. The number of carbonyl (C=O) groups excluding carboxylic acids is 1. The molecule has 3 aliphatic heterocycles. The predicted octanol–water partition coefficient (Wildman–Crippen LogP) is 2.93. The second-order valence-corrected chi connectivity index (χ2v) is 15.8. The highest BCUT2D eigenvalue weighted by molar-refractivity contribution is 7.89. The highest BCUT2D eigenvalue weighted by Crippen LogP contribution is 2.50. The maximum atomic E-state index is 13.9. The molecule has 6 unspecified atom stereocenters. The van der Waals surface area contributed by atoms with Crippen molar-refractivity contribution in [2.45, 2.75) is 108 Å². The minimum Gasteiger partial charge on any atom is -0.395 e. The summed E-state index contributed by atoms with van der Waals surface area (Å²) in [5.41, 5.74) is 0. The van der Waals surface area contributed by atoms with Crippen LogP contribution >= 0.6 is 0 Å². The number of nitrogens with zero attached hydrogens (tertiary/aromatic N) is 3. The number of likely N-dealkylation sites (N-methyl/N-ethyl adjacent to an activating group) is 1. The number of carbonyl (C=O) groups is 1. The first kappa shape index (κ1) is 29.9. The monoisotopic (exact) mass is 567 g/mol. The summed E-state index contributed by atoms with van der Waals surface area (Å²) >= 11 is 0. The van der Waals surface area contributed by atoms with Crippen LogP contribution in [0.3, 0.4) is 0 Å². The molecule has 2 N–H and O–H groups in total. The van der Waals surface area contributed by atoms with E-state index in [4.69, 9.17) is 0 Å². The van der Waals surface area contributed by atoms with Gasteiger partial charge in [0.2, 0.25) is 10.0 Å². The molecule has 39 heavy (non-hydrogen) atoms. The lowest BCUT2D eigenvalue weighted by Crippen LogP contribution is -2.71. The summed E-state index contributed by atoms with van der Waals surface area (Å²) < 4.78 is 29.6. The third-order valence-corrected chi connectivity index (χ3v) is 14.3. The number of hydrogen-bond donors (Lipinski definition) is 2. The Bertz CT molecular complexity index is 954. The van der Waals surface area contributed by atoms with Gasteiger partial charge in [-0.15, -0.1) is 0 Å². The largest absolute Gasteiger partial charge is 0.395 e. The van der Waals surface area contributed by atoms with Crippen LogP contribution in [0.25, 0.3) is 0 Å². The molecule has 5 fully saturated rings. The molecular weight excluding hydrogens is 514 g/mol. The summed E-state index contributed by atoms with van der Waals surface area (Å²) in [5.74, 6) is 3.93. The highest BCUT2D eigenvalue weighted by atomic mass is 32.2. The van der Waals surface area contributed by atoms with Gasteiger partial charge in [0.15, 0.2) is 5.78 Å². The van der Waals surface area contributed by atoms with Gasteiger partial charge in [-0.25, -0.2) is 8.42 Å². The summed E-state index contributed by atoms with van der Waals surface area (Å²) in [7, 11) is -1.91. The number of rotatable bonds is 7. The van der Waals surface area contributed by atoms with E-state index in [0.29, 0.717) is 37.8 Å². The van der Waals surface area contributed by atoms with Crippen molar-refractivity contribution in [3.8, 4) is 0 Å². The second-order valence-electron chi connectivity index (χ2n) is 13.7. The van der Waals surface area contributed by atoms with Gasteiger partial charge in [-0.05, 0) is 107 Å². The zero-order valence-electron chi connectivity index (χ0n) is 24.5. The number of sulfonamides is 1. The second kappa shape index (κ2) is 12.3. The van der Waals surface area contributed by atoms with E-state index >= 15 is 0 Å². The Morgan fingerprint density at radius 2 is 1.56 bits per heavy atom. The van der Waals surface area contributed by atoms with E-state index in [0.717, 1.165) is 43.1 Å². The number of hydrogen-bond acceptors (Lipinski definition) is 7. The van der Waals surface area contributed by atoms with Crippen LogP contribution in [0, 0.1) is 35.5 Å². The van der Waals surface area contributed by atoms with Gasteiger partial charge in [0.05, 0.1) is 12.6 Å². The Labute approximate surface area is 236 Å². The Kier molecular flexibility index (Phi) is 9.46. The predicted molar refractivity (Wildman–Crippen MR) is 152 cm³/mol. The Balaban J connectivity index is 1.27. The number of aliphatic hydroxyl groups is 2. The van der Waals surface area contributed by atoms with Crippen molar-refractivity contribution in [3.05, 3.63) is 0 Å². The molecule has 0 amide bonds. The molecule has 2 aliphatic carbocycles. The molecule has 0 spiro atoms. The molecule has 0 bridgehead atoms. The van der Waals surface area contributed by atoms with Crippen molar-refractivity contribution in [1.82, 2.24) is 14.1 Å². The Morgan fingerprint density at radius 3 is 2.26 bits per heavy atom. The average Bonchev–Trinajstić information content (AvgIpc) is 3.31. The number of aliphatic hydroxyl groups excluding tert-OH is 2. The van der Waals surface area contributed by atoms with Crippen LogP contribution in [-0.2, 0) is 14.8 Å². The molecule has 0 radical (unpaired) electrons. The number of Topliss-reactive ketones (excluding diaryl/α,β-unsaturated/α-hetero) is 1. The molecule has 224 valence electrons. The van der Waals surface area contributed by atoms with Gasteiger partial charge in [-0.3, -0.25) is 14.6 Å². The zero-order valence-corrected chi connectivity index (χ0v) is 25.3. The molecule has 5 rings (SSSR count). The molecule has 5 aliphatic rings. The average molecular weight is 568 g/mol. The van der Waals surface area contributed by atoms with Crippen LogP contribution in [0.1, 0.15) is 84.5 Å². The van der Waals surface area contributed by atoms with Crippen LogP contribution < -0.4 is 0 Å². The molecule has 8 atom stereocenters. The molecular formula is C30H53N3O5S. The Morgan fingerprint density at radius 1 is 0.872 bits per heavy atom. The van der Waals surface area contributed by atoms with Crippen molar-refractivity contribution in [3.63, 3.8) is 0 Å². The lowest BCUT2D eigenvalue weighted by atomic mass is 9.60. The summed E-state index contributed by atoms with van der Waals surface area (Å²) in [6.07, 6.45) is 11.7. The third kappa shape index (κ3) is 5.62. The number of fused-ring (bicyclic) bond motifs is 1. The minimum atomic E-state index is -3.62. The van der Waals surface area contributed by atoms with Crippen molar-refractivity contribution < 1.29 is 23.4 Å². The first-order chi connectivity index (χ1) is 18.7. The van der Waals surface area contributed by atoms with Gasteiger partial charge in [0.25, 0.3) is 0 Å². The van der Waals surface area contributed by atoms with E-state index in [2.05, 4.69) is 18.7 Å². The standard InChI is InChI=1S/C30H53N3O5S/c1-20-7-6-8-24(21(20)2)22-9-11-23(12-10-22)30-26-17-32(15-4-5-16-33(26)27(30)18-34)39(37,38)29-14-13-25(31(29)3)28(36)19-35/h20-27,29-30,34-35H,4-19H2,1-3H3/t20?,21?,22?,23?,24?,25?,26?,27-,29?,30+/m1/s1. The topological polar surface area (TPSA) is 101 Å². The quantitative estimate of drug-likeness (QED) is 0.488. The zero-order chi connectivity index (χ0) is 27.9. The van der Waals surface area contributed by atoms with Gasteiger partial charge >= 0.3 is 0 Å². The van der Waals surface area contributed by atoms with Crippen molar-refractivity contribution in [1.29, 1.82) is 0 Å². The SMILES string of the molecule is CC1CCCC(C2CCC([C@H]3C4CN(S(=O)(=O)C5CCC(C(=O)CO)N5C)CCCCN4[C@@H]3CO)CC2)C1C. The van der Waals surface area contributed by atoms with E-state index in [-0.39, 0.29) is 24.5 Å². The van der Waals surface area contributed by atoms with E-state index in [9.17, 15) is 23.4 Å². The lowest BCUT2D eigenvalue weighted by molar-refractivity contribution is -0.125. The van der Waals surface area contributed by atoms with Gasteiger partial charge in [-0.2, -0.15) is 4.31 Å². The molecule has 0 aromatic rings. The first-order valence-electron chi connectivity index (χ1n) is 15.9. The summed E-state index contributed by atoms with van der Waals surface area (Å²) in [5, 5.41) is 19.0. The van der Waals surface area contributed by atoms with Crippen LogP contribution in [0.15, 0.2) is 0 Å². The molecule has 3 heterocycles. The van der Waals surface area contributed by atoms with Crippen LogP contribution in [-0.4, -0.2) is 102 Å². The van der Waals surface area contributed by atoms with E-state index in [1.165, 1.54) is 44.9 Å². The van der Waals surface area contributed by atoms with Gasteiger partial charge in [-0.1, -0.05) is 26.7 Å². The van der Waals surface area contributed by atoms with E-state index in [1.807, 2.05) is 0 Å². The normalized spacial score (nSPS) is 43.3. The maximum Gasteiger partial charge on any atom is 0.230 e. The number of ketones is 1.